The molecule has 0 aromatic carbocycles. The van der Waals surface area contributed by atoms with Crippen molar-refractivity contribution in [3.8, 4) is 0 Å². The van der Waals surface area contributed by atoms with Crippen molar-refractivity contribution >= 4 is 23.4 Å². The number of halogens is 1. The molecule has 5 nitrogen and oxygen atoms in total. The molecule has 0 aliphatic heterocycles. The van der Waals surface area contributed by atoms with Crippen LogP contribution in [0.3, 0.4) is 0 Å². The molecule has 0 amide bonds. The van der Waals surface area contributed by atoms with Crippen LogP contribution in [-0.2, 0) is 6.42 Å². The van der Waals surface area contributed by atoms with E-state index >= 15 is 0 Å². The van der Waals surface area contributed by atoms with E-state index in [-0.39, 0.29) is 0 Å². The van der Waals surface area contributed by atoms with E-state index in [1.54, 1.807) is 12.4 Å². The number of rotatable bonds is 7. The normalized spacial score (nSPS) is 10.3. The first-order chi connectivity index (χ1) is 9.79. The highest BCUT2D eigenvalue weighted by Gasteiger charge is 2.04. The van der Waals surface area contributed by atoms with Gasteiger partial charge in [-0.25, -0.2) is 4.98 Å². The zero-order valence-electron chi connectivity index (χ0n) is 11.4. The maximum absolute atomic E-state index is 6.08. The van der Waals surface area contributed by atoms with E-state index in [4.69, 9.17) is 11.6 Å². The Morgan fingerprint density at radius 3 is 2.85 bits per heavy atom. The molecule has 0 unspecified atom stereocenters. The molecular weight excluding hydrogens is 274 g/mol. The van der Waals surface area contributed by atoms with Crippen LogP contribution in [0.4, 0.5) is 11.8 Å². The summed E-state index contributed by atoms with van der Waals surface area (Å²) >= 11 is 6.08. The van der Waals surface area contributed by atoms with Crippen LogP contribution < -0.4 is 10.6 Å². The number of nitrogens with one attached hydrogen (secondary N) is 2. The van der Waals surface area contributed by atoms with Gasteiger partial charge in [-0.15, -0.1) is 0 Å². The fourth-order valence-electron chi connectivity index (χ4n) is 1.68. The first kappa shape index (κ1) is 14.5. The van der Waals surface area contributed by atoms with E-state index in [1.165, 1.54) is 5.56 Å². The third kappa shape index (κ3) is 4.35. The van der Waals surface area contributed by atoms with Crippen LogP contribution in [0.1, 0.15) is 18.9 Å². The first-order valence-corrected chi connectivity index (χ1v) is 7.06. The minimum atomic E-state index is 0.526. The maximum atomic E-state index is 6.08. The molecule has 0 atom stereocenters. The molecule has 2 heterocycles. The van der Waals surface area contributed by atoms with Crippen molar-refractivity contribution in [1.82, 2.24) is 15.0 Å². The van der Waals surface area contributed by atoms with Gasteiger partial charge in [-0.3, -0.25) is 4.98 Å². The van der Waals surface area contributed by atoms with E-state index in [0.717, 1.165) is 25.9 Å². The van der Waals surface area contributed by atoms with Crippen molar-refractivity contribution in [2.24, 2.45) is 0 Å². The van der Waals surface area contributed by atoms with Gasteiger partial charge in [0.25, 0.3) is 0 Å². The molecule has 0 aliphatic carbocycles. The Kier molecular flexibility index (Phi) is 5.55. The van der Waals surface area contributed by atoms with E-state index < -0.39 is 0 Å². The summed E-state index contributed by atoms with van der Waals surface area (Å²) in [7, 11) is 0. The Labute approximate surface area is 123 Å². The van der Waals surface area contributed by atoms with Crippen molar-refractivity contribution in [2.75, 3.05) is 23.7 Å². The Bertz CT molecular complexity index is 532. The van der Waals surface area contributed by atoms with Crippen molar-refractivity contribution in [1.29, 1.82) is 0 Å². The first-order valence-electron chi connectivity index (χ1n) is 6.68. The topological polar surface area (TPSA) is 62.7 Å². The van der Waals surface area contributed by atoms with Crippen LogP contribution in [0.2, 0.25) is 5.02 Å². The molecule has 0 saturated carbocycles. The second-order valence-corrected chi connectivity index (χ2v) is 4.76. The Balaban J connectivity index is 1.91. The average Bonchev–Trinajstić information content (AvgIpc) is 2.49. The molecule has 0 bridgehead atoms. The standard InChI is InChI=1S/C14H18ClN5/c1-2-6-18-14-19-10-12(15)13(20-14)17-8-5-11-4-3-7-16-9-11/h3-4,7,9-10H,2,5-6,8H2,1H3,(H2,17,18,19,20). The molecule has 2 N–H and O–H groups in total. The monoisotopic (exact) mass is 291 g/mol. The molecule has 2 rings (SSSR count). The fraction of sp³-hybridized carbons (Fsp3) is 0.357. The number of aromatic nitrogens is 3. The lowest BCUT2D eigenvalue weighted by atomic mass is 10.2. The molecule has 2 aromatic rings. The van der Waals surface area contributed by atoms with Crippen LogP contribution in [0, 0.1) is 0 Å². The summed E-state index contributed by atoms with van der Waals surface area (Å²) in [5.74, 6) is 1.25. The lowest BCUT2D eigenvalue weighted by molar-refractivity contribution is 0.945. The van der Waals surface area contributed by atoms with Crippen LogP contribution in [0.15, 0.2) is 30.7 Å². The zero-order chi connectivity index (χ0) is 14.2. The SMILES string of the molecule is CCCNc1ncc(Cl)c(NCCc2cccnc2)n1. The molecule has 0 radical (unpaired) electrons. The predicted octanol–water partition coefficient (Wildman–Crippen LogP) is 3.00. The minimum Gasteiger partial charge on any atom is -0.368 e. The highest BCUT2D eigenvalue weighted by Crippen LogP contribution is 2.19. The van der Waals surface area contributed by atoms with Gasteiger partial charge in [0.2, 0.25) is 5.95 Å². The lowest BCUT2D eigenvalue weighted by Gasteiger charge is -2.09. The summed E-state index contributed by atoms with van der Waals surface area (Å²) in [6.07, 6.45) is 7.13. The Morgan fingerprint density at radius 2 is 2.10 bits per heavy atom. The van der Waals surface area contributed by atoms with E-state index in [0.29, 0.717) is 16.8 Å². The summed E-state index contributed by atoms with van der Waals surface area (Å²) in [5, 5.41) is 6.89. The average molecular weight is 292 g/mol. The third-order valence-corrected chi connectivity index (χ3v) is 2.98. The van der Waals surface area contributed by atoms with Crippen LogP contribution in [0.25, 0.3) is 0 Å². The molecule has 0 fully saturated rings. The van der Waals surface area contributed by atoms with Gasteiger partial charge >= 0.3 is 0 Å². The van der Waals surface area contributed by atoms with Crippen molar-refractivity contribution < 1.29 is 0 Å². The summed E-state index contributed by atoms with van der Waals surface area (Å²) in [6, 6.07) is 3.98. The maximum Gasteiger partial charge on any atom is 0.224 e. The molecule has 106 valence electrons. The number of pyridine rings is 1. The van der Waals surface area contributed by atoms with Gasteiger partial charge in [0, 0.05) is 25.5 Å². The lowest BCUT2D eigenvalue weighted by Crippen LogP contribution is -2.10. The summed E-state index contributed by atoms with van der Waals surface area (Å²) < 4.78 is 0. The second-order valence-electron chi connectivity index (χ2n) is 4.35. The molecule has 0 aliphatic rings. The van der Waals surface area contributed by atoms with Gasteiger partial charge in [0.1, 0.15) is 10.8 Å². The number of hydrogen-bond acceptors (Lipinski definition) is 5. The highest BCUT2D eigenvalue weighted by molar-refractivity contribution is 6.32. The van der Waals surface area contributed by atoms with Crippen LogP contribution in [0.5, 0.6) is 0 Å². The quantitative estimate of drug-likeness (QED) is 0.821. The highest BCUT2D eigenvalue weighted by atomic mass is 35.5. The van der Waals surface area contributed by atoms with Gasteiger partial charge in [-0.2, -0.15) is 4.98 Å². The Hall–Kier alpha value is -1.88. The fourth-order valence-corrected chi connectivity index (χ4v) is 1.84. The smallest absolute Gasteiger partial charge is 0.224 e. The van der Waals surface area contributed by atoms with Crippen molar-refractivity contribution in [3.63, 3.8) is 0 Å². The largest absolute Gasteiger partial charge is 0.368 e. The zero-order valence-corrected chi connectivity index (χ0v) is 12.2. The summed E-state index contributed by atoms with van der Waals surface area (Å²) in [6.45, 7) is 3.68. The summed E-state index contributed by atoms with van der Waals surface area (Å²) in [4.78, 5) is 12.6. The van der Waals surface area contributed by atoms with E-state index in [1.807, 2.05) is 18.3 Å². The van der Waals surface area contributed by atoms with Gasteiger partial charge in [0.15, 0.2) is 0 Å². The number of anilines is 2. The molecule has 0 spiro atoms. The number of hydrogen-bond donors (Lipinski definition) is 2. The molecule has 20 heavy (non-hydrogen) atoms. The third-order valence-electron chi connectivity index (χ3n) is 2.71. The van der Waals surface area contributed by atoms with Gasteiger partial charge in [0.05, 0.1) is 6.20 Å². The molecule has 6 heteroatoms. The minimum absolute atomic E-state index is 0.526. The molecule has 0 saturated heterocycles. The van der Waals surface area contributed by atoms with Gasteiger partial charge in [-0.1, -0.05) is 24.6 Å². The summed E-state index contributed by atoms with van der Waals surface area (Å²) in [5.41, 5.74) is 1.18. The Morgan fingerprint density at radius 1 is 1.20 bits per heavy atom. The van der Waals surface area contributed by atoms with E-state index in [9.17, 15) is 0 Å². The second kappa shape index (κ2) is 7.65. The van der Waals surface area contributed by atoms with Crippen LogP contribution >= 0.6 is 11.6 Å². The van der Waals surface area contributed by atoms with Gasteiger partial charge in [-0.05, 0) is 24.5 Å². The van der Waals surface area contributed by atoms with Crippen LogP contribution in [-0.4, -0.2) is 28.0 Å². The number of nitrogens with zero attached hydrogens (tertiary/aromatic N) is 3. The molecular formula is C14H18ClN5. The predicted molar refractivity (Wildman–Crippen MR) is 82.3 cm³/mol. The van der Waals surface area contributed by atoms with Gasteiger partial charge < -0.3 is 10.6 Å². The molecule has 2 aromatic heterocycles. The van der Waals surface area contributed by atoms with E-state index in [2.05, 4.69) is 32.5 Å². The van der Waals surface area contributed by atoms with Crippen molar-refractivity contribution in [3.05, 3.63) is 41.3 Å². The van der Waals surface area contributed by atoms with Crippen molar-refractivity contribution in [2.45, 2.75) is 19.8 Å².